The smallest absolute Gasteiger partial charge is 0.269 e. The predicted molar refractivity (Wildman–Crippen MR) is 144 cm³/mol. The zero-order chi connectivity index (χ0) is 27.7. The molecule has 11 nitrogen and oxygen atoms in total. The molecule has 0 saturated heterocycles. The summed E-state index contributed by atoms with van der Waals surface area (Å²) in [6, 6.07) is 18.3. The average molecular weight is 541 g/mol. The summed E-state index contributed by atoms with van der Waals surface area (Å²) in [5.41, 5.74) is 4.18. The number of amides is 1. The van der Waals surface area contributed by atoms with Gasteiger partial charge in [0.2, 0.25) is 10.0 Å². The van der Waals surface area contributed by atoms with Crippen molar-refractivity contribution in [2.45, 2.75) is 26.5 Å². The number of non-ortho nitro benzene ring substituents is 1. The van der Waals surface area contributed by atoms with Crippen molar-refractivity contribution in [1.82, 2.24) is 5.43 Å². The Balaban J connectivity index is 1.57. The summed E-state index contributed by atoms with van der Waals surface area (Å²) < 4.78 is 37.0. The van der Waals surface area contributed by atoms with Crippen LogP contribution in [0.25, 0.3) is 0 Å². The van der Waals surface area contributed by atoms with Crippen LogP contribution in [0.3, 0.4) is 0 Å². The number of nitro groups is 1. The number of nitrogens with zero attached hydrogens (tertiary/aromatic N) is 3. The van der Waals surface area contributed by atoms with E-state index in [4.69, 9.17) is 9.47 Å². The van der Waals surface area contributed by atoms with E-state index in [0.717, 1.165) is 16.1 Å². The third-order valence-electron chi connectivity index (χ3n) is 5.31. The molecule has 200 valence electrons. The zero-order valence-electron chi connectivity index (χ0n) is 21.1. The van der Waals surface area contributed by atoms with Gasteiger partial charge in [0, 0.05) is 12.1 Å². The molecule has 0 aliphatic heterocycles. The van der Waals surface area contributed by atoms with E-state index in [9.17, 15) is 23.3 Å². The molecule has 12 heteroatoms. The van der Waals surface area contributed by atoms with Crippen LogP contribution >= 0.6 is 0 Å². The minimum atomic E-state index is -3.76. The second-order valence-corrected chi connectivity index (χ2v) is 10.0. The number of anilines is 1. The third kappa shape index (κ3) is 7.77. The monoisotopic (exact) mass is 540 g/mol. The van der Waals surface area contributed by atoms with E-state index in [2.05, 4.69) is 10.5 Å². The lowest BCUT2D eigenvalue weighted by atomic mass is 10.2. The number of hydrogen-bond acceptors (Lipinski definition) is 8. The normalized spacial score (nSPS) is 12.1. The topological polar surface area (TPSA) is 140 Å². The molecule has 1 atom stereocenters. The van der Waals surface area contributed by atoms with Crippen LogP contribution in [0.2, 0.25) is 0 Å². The highest BCUT2D eigenvalue weighted by atomic mass is 32.2. The molecule has 0 aliphatic carbocycles. The Morgan fingerprint density at radius 3 is 2.16 bits per heavy atom. The molecule has 1 amide bonds. The lowest BCUT2D eigenvalue weighted by Gasteiger charge is -2.27. The van der Waals surface area contributed by atoms with E-state index < -0.39 is 26.9 Å². The van der Waals surface area contributed by atoms with Crippen LogP contribution in [0, 0.1) is 10.1 Å². The van der Waals surface area contributed by atoms with Gasteiger partial charge in [0.1, 0.15) is 24.1 Å². The first-order valence-electron chi connectivity index (χ1n) is 11.6. The maximum absolute atomic E-state index is 12.7. The Kier molecular flexibility index (Phi) is 9.39. The molecule has 0 spiro atoms. The van der Waals surface area contributed by atoms with Gasteiger partial charge in [-0.25, -0.2) is 13.8 Å². The molecule has 0 radical (unpaired) electrons. The summed E-state index contributed by atoms with van der Waals surface area (Å²) in [6.07, 6.45) is 2.45. The molecule has 0 bridgehead atoms. The van der Waals surface area contributed by atoms with Crippen LogP contribution in [0.15, 0.2) is 77.9 Å². The number of benzene rings is 3. The quantitative estimate of drug-likeness (QED) is 0.209. The van der Waals surface area contributed by atoms with E-state index in [1.54, 1.807) is 60.7 Å². The Bertz CT molecular complexity index is 1370. The maximum Gasteiger partial charge on any atom is 0.269 e. The van der Waals surface area contributed by atoms with Gasteiger partial charge in [-0.3, -0.25) is 19.2 Å². The number of carbonyl (C=O) groups is 1. The fraction of sp³-hybridized carbons (Fsp3) is 0.231. The first-order valence-corrected chi connectivity index (χ1v) is 13.4. The molecule has 3 aromatic rings. The standard InChI is InChI=1S/C26H28N4O7S/c1-4-36-24-15-11-22(12-16-24)29(38(3,34)35)19(2)26(31)28-27-17-20-7-13-25(14-8-20)37-18-21-5-9-23(10-6-21)30(32)33/h5-17,19H,4,18H2,1-3H3,(H,28,31)/b27-17+. The van der Waals surface area contributed by atoms with E-state index in [0.29, 0.717) is 29.4 Å². The van der Waals surface area contributed by atoms with Crippen LogP contribution in [0.4, 0.5) is 11.4 Å². The van der Waals surface area contributed by atoms with Gasteiger partial charge >= 0.3 is 0 Å². The van der Waals surface area contributed by atoms with E-state index in [-0.39, 0.29) is 12.3 Å². The summed E-state index contributed by atoms with van der Waals surface area (Å²) in [7, 11) is -3.76. The fourth-order valence-corrected chi connectivity index (χ4v) is 4.63. The highest BCUT2D eigenvalue weighted by molar-refractivity contribution is 7.92. The highest BCUT2D eigenvalue weighted by Gasteiger charge is 2.29. The van der Waals surface area contributed by atoms with E-state index in [1.807, 2.05) is 6.92 Å². The van der Waals surface area contributed by atoms with Crippen molar-refractivity contribution in [2.75, 3.05) is 17.2 Å². The number of hydrazone groups is 1. The first kappa shape index (κ1) is 28.1. The van der Waals surface area contributed by atoms with Gasteiger partial charge in [-0.2, -0.15) is 5.10 Å². The minimum Gasteiger partial charge on any atom is -0.494 e. The van der Waals surface area contributed by atoms with E-state index in [1.165, 1.54) is 25.3 Å². The van der Waals surface area contributed by atoms with Crippen molar-refractivity contribution < 1.29 is 27.6 Å². The van der Waals surface area contributed by atoms with Crippen molar-refractivity contribution in [3.63, 3.8) is 0 Å². The lowest BCUT2D eigenvalue weighted by Crippen LogP contribution is -2.46. The number of rotatable bonds is 12. The van der Waals surface area contributed by atoms with Crippen LogP contribution in [-0.2, 0) is 21.4 Å². The van der Waals surface area contributed by atoms with Gasteiger partial charge in [-0.15, -0.1) is 0 Å². The molecular formula is C26H28N4O7S. The van der Waals surface area contributed by atoms with Gasteiger partial charge in [-0.1, -0.05) is 0 Å². The lowest BCUT2D eigenvalue weighted by molar-refractivity contribution is -0.384. The van der Waals surface area contributed by atoms with Gasteiger partial charge in [-0.05, 0) is 85.6 Å². The molecule has 1 unspecified atom stereocenters. The highest BCUT2D eigenvalue weighted by Crippen LogP contribution is 2.24. The van der Waals surface area contributed by atoms with Crippen molar-refractivity contribution in [3.8, 4) is 11.5 Å². The van der Waals surface area contributed by atoms with Gasteiger partial charge in [0.25, 0.3) is 11.6 Å². The van der Waals surface area contributed by atoms with E-state index >= 15 is 0 Å². The van der Waals surface area contributed by atoms with Crippen LogP contribution in [0.1, 0.15) is 25.0 Å². The summed E-state index contributed by atoms with van der Waals surface area (Å²) in [5, 5.41) is 14.7. The Labute approximate surface area is 220 Å². The molecule has 3 rings (SSSR count). The second kappa shape index (κ2) is 12.7. The maximum atomic E-state index is 12.7. The number of sulfonamides is 1. The van der Waals surface area contributed by atoms with Crippen LogP contribution in [-0.4, -0.2) is 44.4 Å². The van der Waals surface area contributed by atoms with Crippen LogP contribution in [0.5, 0.6) is 11.5 Å². The molecule has 0 heterocycles. The Morgan fingerprint density at radius 1 is 1.03 bits per heavy atom. The van der Waals surface area contributed by atoms with Crippen molar-refractivity contribution in [2.24, 2.45) is 5.10 Å². The van der Waals surface area contributed by atoms with Crippen molar-refractivity contribution in [3.05, 3.63) is 94.0 Å². The molecule has 3 aromatic carbocycles. The Morgan fingerprint density at radius 2 is 1.61 bits per heavy atom. The third-order valence-corrected chi connectivity index (χ3v) is 6.55. The average Bonchev–Trinajstić information content (AvgIpc) is 2.89. The molecule has 0 fully saturated rings. The van der Waals surface area contributed by atoms with Gasteiger partial charge in [0.15, 0.2) is 0 Å². The number of hydrogen-bond donors (Lipinski definition) is 1. The first-order chi connectivity index (χ1) is 18.1. The van der Waals surface area contributed by atoms with Gasteiger partial charge < -0.3 is 9.47 Å². The SMILES string of the molecule is CCOc1ccc(N(C(C)C(=O)N/N=C/c2ccc(OCc3ccc([N+](=O)[O-])cc3)cc2)S(C)(=O)=O)cc1. The molecule has 0 aliphatic rings. The second-order valence-electron chi connectivity index (χ2n) is 8.18. The number of carbonyl (C=O) groups excluding carboxylic acids is 1. The number of ether oxygens (including phenoxy) is 2. The van der Waals surface area contributed by atoms with Crippen molar-refractivity contribution >= 4 is 33.5 Å². The largest absolute Gasteiger partial charge is 0.494 e. The molecule has 38 heavy (non-hydrogen) atoms. The Hall–Kier alpha value is -4.45. The summed E-state index contributed by atoms with van der Waals surface area (Å²) >= 11 is 0. The summed E-state index contributed by atoms with van der Waals surface area (Å²) in [5.74, 6) is 0.565. The summed E-state index contributed by atoms with van der Waals surface area (Å²) in [4.78, 5) is 23.0. The molecule has 0 aromatic heterocycles. The molecular weight excluding hydrogens is 512 g/mol. The fourth-order valence-electron chi connectivity index (χ4n) is 3.46. The van der Waals surface area contributed by atoms with Crippen molar-refractivity contribution in [1.29, 1.82) is 0 Å². The molecule has 1 N–H and O–H groups in total. The predicted octanol–water partition coefficient (Wildman–Crippen LogP) is 3.88. The zero-order valence-corrected chi connectivity index (χ0v) is 21.9. The van der Waals surface area contributed by atoms with Gasteiger partial charge in [0.05, 0.1) is 29.7 Å². The van der Waals surface area contributed by atoms with Crippen LogP contribution < -0.4 is 19.2 Å². The summed E-state index contributed by atoms with van der Waals surface area (Å²) in [6.45, 7) is 4.03. The minimum absolute atomic E-state index is 0.0130. The number of nitro benzene ring substituents is 1. The molecule has 0 saturated carbocycles. The number of nitrogens with one attached hydrogen (secondary N) is 1.